The molecule has 0 spiro atoms. The molecule has 1 saturated heterocycles. The summed E-state index contributed by atoms with van der Waals surface area (Å²) >= 11 is 6.08. The zero-order valence-electron chi connectivity index (χ0n) is 11.3. The third-order valence-corrected chi connectivity index (χ3v) is 4.25. The number of nitrogens with zero attached hydrogens (tertiary/aromatic N) is 1. The zero-order valence-corrected chi connectivity index (χ0v) is 12.1. The summed E-state index contributed by atoms with van der Waals surface area (Å²) in [5, 5.41) is 0.132. The first kappa shape index (κ1) is 14.3. The molecule has 1 amide bonds. The smallest absolute Gasteiger partial charge is 0.256 e. The van der Waals surface area contributed by atoms with E-state index in [9.17, 15) is 9.18 Å². The maximum Gasteiger partial charge on any atom is 0.256 e. The van der Waals surface area contributed by atoms with Gasteiger partial charge in [-0.3, -0.25) is 4.79 Å². The molecule has 1 aromatic carbocycles. The monoisotopic (exact) mass is 283 g/mol. The molecule has 2 nitrogen and oxygen atoms in total. The number of rotatable bonds is 2. The first-order valence-corrected chi connectivity index (χ1v) is 7.13. The number of hydrogen-bond acceptors (Lipinski definition) is 1. The lowest BCUT2D eigenvalue weighted by atomic mass is 9.93. The predicted octanol–water partition coefficient (Wildman–Crippen LogP) is 3.61. The zero-order chi connectivity index (χ0) is 14.0. The number of amides is 1. The van der Waals surface area contributed by atoms with E-state index in [-0.39, 0.29) is 16.8 Å². The molecule has 1 atom stereocenters. The normalized spacial score (nSPS) is 18.4. The van der Waals surface area contributed by atoms with Gasteiger partial charge in [0.1, 0.15) is 5.82 Å². The van der Waals surface area contributed by atoms with Gasteiger partial charge in [0.25, 0.3) is 5.91 Å². The van der Waals surface area contributed by atoms with Gasteiger partial charge in [0, 0.05) is 18.5 Å². The molecule has 0 aliphatic carbocycles. The Morgan fingerprint density at radius 1 is 1.42 bits per heavy atom. The Labute approximate surface area is 118 Å². The van der Waals surface area contributed by atoms with Gasteiger partial charge in [-0.25, -0.2) is 4.39 Å². The summed E-state index contributed by atoms with van der Waals surface area (Å²) in [4.78, 5) is 14.0. The van der Waals surface area contributed by atoms with Crippen molar-refractivity contribution in [1.82, 2.24) is 4.90 Å². The molecular weight excluding hydrogens is 265 g/mol. The van der Waals surface area contributed by atoms with Gasteiger partial charge in [0.15, 0.2) is 0 Å². The van der Waals surface area contributed by atoms with Crippen LogP contribution in [-0.4, -0.2) is 29.3 Å². The van der Waals surface area contributed by atoms with Crippen molar-refractivity contribution in [2.24, 2.45) is 5.92 Å². The average molecular weight is 284 g/mol. The lowest BCUT2D eigenvalue weighted by Gasteiger charge is -2.33. The molecule has 104 valence electrons. The van der Waals surface area contributed by atoms with Gasteiger partial charge < -0.3 is 4.90 Å². The van der Waals surface area contributed by atoms with Crippen LogP contribution in [0.5, 0.6) is 0 Å². The Kier molecular flexibility index (Phi) is 4.46. The van der Waals surface area contributed by atoms with E-state index < -0.39 is 5.82 Å². The Hall–Kier alpha value is -1.09. The highest BCUT2D eigenvalue weighted by atomic mass is 35.5. The number of benzene rings is 1. The number of carbonyl (C=O) groups excluding carboxylic acids is 1. The fourth-order valence-electron chi connectivity index (χ4n) is 2.54. The molecule has 1 unspecified atom stereocenters. The lowest BCUT2D eigenvalue weighted by molar-refractivity contribution is 0.0685. The van der Waals surface area contributed by atoms with Gasteiger partial charge >= 0.3 is 0 Å². The van der Waals surface area contributed by atoms with Crippen LogP contribution in [-0.2, 0) is 0 Å². The van der Waals surface area contributed by atoms with E-state index in [1.54, 1.807) is 30.0 Å². The molecule has 0 radical (unpaired) electrons. The second-order valence-electron chi connectivity index (χ2n) is 5.24. The number of alkyl halides is 1. The van der Waals surface area contributed by atoms with Crippen molar-refractivity contribution in [2.75, 3.05) is 13.1 Å². The van der Waals surface area contributed by atoms with Crippen LogP contribution in [0.25, 0.3) is 0 Å². The fourth-order valence-corrected chi connectivity index (χ4v) is 2.80. The fraction of sp³-hybridized carbons (Fsp3) is 0.533. The van der Waals surface area contributed by atoms with E-state index in [0.29, 0.717) is 24.6 Å². The third kappa shape index (κ3) is 3.08. The van der Waals surface area contributed by atoms with E-state index in [1.165, 1.54) is 0 Å². The molecule has 0 saturated carbocycles. The van der Waals surface area contributed by atoms with Crippen molar-refractivity contribution in [3.63, 3.8) is 0 Å². The van der Waals surface area contributed by atoms with Crippen LogP contribution in [0.2, 0.25) is 0 Å². The Morgan fingerprint density at radius 3 is 2.63 bits per heavy atom. The van der Waals surface area contributed by atoms with Crippen LogP contribution in [0.3, 0.4) is 0 Å². The summed E-state index contributed by atoms with van der Waals surface area (Å²) in [7, 11) is 0. The highest BCUT2D eigenvalue weighted by molar-refractivity contribution is 6.20. The van der Waals surface area contributed by atoms with Crippen molar-refractivity contribution in [2.45, 2.75) is 32.1 Å². The van der Waals surface area contributed by atoms with Crippen LogP contribution in [0.4, 0.5) is 4.39 Å². The maximum absolute atomic E-state index is 13.9. The Bertz CT molecular complexity index is 467. The Morgan fingerprint density at radius 2 is 2.05 bits per heavy atom. The van der Waals surface area contributed by atoms with Crippen molar-refractivity contribution >= 4 is 17.5 Å². The van der Waals surface area contributed by atoms with Gasteiger partial charge in [-0.05, 0) is 44.2 Å². The van der Waals surface area contributed by atoms with Gasteiger partial charge in [-0.2, -0.15) is 0 Å². The molecule has 1 fully saturated rings. The molecule has 0 aromatic heterocycles. The molecule has 19 heavy (non-hydrogen) atoms. The molecule has 1 heterocycles. The minimum absolute atomic E-state index is 0.132. The third-order valence-electron chi connectivity index (χ3n) is 3.90. The van der Waals surface area contributed by atoms with E-state index in [1.807, 2.05) is 6.92 Å². The SMILES string of the molecule is Cc1cccc(C(=O)N2CCC(C(C)Cl)CC2)c1F. The predicted molar refractivity (Wildman–Crippen MR) is 75.1 cm³/mol. The summed E-state index contributed by atoms with van der Waals surface area (Å²) in [6.45, 7) is 4.99. The van der Waals surface area contributed by atoms with Gasteiger partial charge in [-0.15, -0.1) is 11.6 Å². The quantitative estimate of drug-likeness (QED) is 0.759. The van der Waals surface area contributed by atoms with Crippen molar-refractivity contribution in [3.05, 3.63) is 35.1 Å². The Balaban J connectivity index is 2.07. The first-order chi connectivity index (χ1) is 9.00. The highest BCUT2D eigenvalue weighted by Crippen LogP contribution is 2.25. The molecule has 1 aromatic rings. The van der Waals surface area contributed by atoms with Crippen LogP contribution >= 0.6 is 11.6 Å². The first-order valence-electron chi connectivity index (χ1n) is 6.69. The van der Waals surface area contributed by atoms with Gasteiger partial charge in [0.2, 0.25) is 0 Å². The molecule has 4 heteroatoms. The minimum Gasteiger partial charge on any atom is -0.339 e. The van der Waals surface area contributed by atoms with Crippen LogP contribution in [0, 0.1) is 18.7 Å². The van der Waals surface area contributed by atoms with Crippen LogP contribution in [0.1, 0.15) is 35.7 Å². The van der Waals surface area contributed by atoms with Crippen LogP contribution < -0.4 is 0 Å². The van der Waals surface area contributed by atoms with Crippen molar-refractivity contribution in [1.29, 1.82) is 0 Å². The molecule has 2 rings (SSSR count). The molecule has 0 bridgehead atoms. The van der Waals surface area contributed by atoms with E-state index in [2.05, 4.69) is 0 Å². The van der Waals surface area contributed by atoms with E-state index >= 15 is 0 Å². The van der Waals surface area contributed by atoms with Gasteiger partial charge in [0.05, 0.1) is 5.56 Å². The standard InChI is InChI=1S/C15H19ClFNO/c1-10-4-3-5-13(14(10)17)15(19)18-8-6-12(7-9-18)11(2)16/h3-5,11-12H,6-9H2,1-2H3. The largest absolute Gasteiger partial charge is 0.339 e. The number of carbonyl (C=O) groups is 1. The number of piperidine rings is 1. The number of likely N-dealkylation sites (tertiary alicyclic amines) is 1. The van der Waals surface area contributed by atoms with Crippen molar-refractivity contribution in [3.8, 4) is 0 Å². The summed E-state index contributed by atoms with van der Waals surface area (Å²) < 4.78 is 13.9. The summed E-state index contributed by atoms with van der Waals surface area (Å²) in [6.07, 6.45) is 1.79. The number of hydrogen-bond donors (Lipinski definition) is 0. The van der Waals surface area contributed by atoms with Gasteiger partial charge in [-0.1, -0.05) is 12.1 Å². The van der Waals surface area contributed by atoms with E-state index in [0.717, 1.165) is 12.8 Å². The number of aryl methyl sites for hydroxylation is 1. The minimum atomic E-state index is -0.402. The highest BCUT2D eigenvalue weighted by Gasteiger charge is 2.27. The van der Waals surface area contributed by atoms with Crippen molar-refractivity contribution < 1.29 is 9.18 Å². The molecule has 0 N–H and O–H groups in total. The molecule has 1 aliphatic rings. The summed E-state index contributed by atoms with van der Waals surface area (Å²) in [6, 6.07) is 4.95. The maximum atomic E-state index is 13.9. The van der Waals surface area contributed by atoms with Crippen LogP contribution in [0.15, 0.2) is 18.2 Å². The van der Waals surface area contributed by atoms with E-state index in [4.69, 9.17) is 11.6 Å². The summed E-state index contributed by atoms with van der Waals surface area (Å²) in [5.74, 6) is -0.157. The molecule has 1 aliphatic heterocycles. The lowest BCUT2D eigenvalue weighted by Crippen LogP contribution is -2.40. The average Bonchev–Trinajstić information content (AvgIpc) is 2.41. The number of halogens is 2. The second kappa shape index (κ2) is 5.91. The topological polar surface area (TPSA) is 20.3 Å². The molecular formula is C15H19ClFNO. The summed E-state index contributed by atoms with van der Waals surface area (Å²) in [5.41, 5.74) is 0.687. The second-order valence-corrected chi connectivity index (χ2v) is 5.93.